The van der Waals surface area contributed by atoms with Crippen LogP contribution in [0, 0.1) is 0 Å². The van der Waals surface area contributed by atoms with Crippen LogP contribution in [0.25, 0.3) is 0 Å². The Morgan fingerprint density at radius 3 is 2.63 bits per heavy atom. The molecule has 2 aromatic rings. The molecule has 2 aromatic carbocycles. The Morgan fingerprint density at radius 1 is 1.17 bits per heavy atom. The molecule has 0 saturated carbocycles. The van der Waals surface area contributed by atoms with Crippen LogP contribution in [0.3, 0.4) is 0 Å². The zero-order valence-electron chi connectivity index (χ0n) is 17.3. The highest BCUT2D eigenvalue weighted by molar-refractivity contribution is 6.42. The standard InChI is InChI=1S/C23H28Cl2N2O3/c1-16(2)29-15-19(28)13-27(12-17-6-4-3-5-7-17)14-20-11-23(26-30-20)18-8-9-21(24)22(25)10-18/h3-10,16,19-20,28H,11-15H2,1-2H3/t19-,20+/m0/s1. The summed E-state index contributed by atoms with van der Waals surface area (Å²) in [5.41, 5.74) is 2.94. The molecule has 1 aliphatic heterocycles. The Kier molecular flexibility index (Phi) is 8.54. The number of ether oxygens (including phenoxy) is 1. The van der Waals surface area contributed by atoms with Gasteiger partial charge in [0, 0.05) is 31.6 Å². The summed E-state index contributed by atoms with van der Waals surface area (Å²) in [7, 11) is 0. The molecule has 0 amide bonds. The van der Waals surface area contributed by atoms with Gasteiger partial charge in [-0.25, -0.2) is 0 Å². The second kappa shape index (κ2) is 11.1. The first kappa shape index (κ1) is 23.0. The predicted molar refractivity (Wildman–Crippen MR) is 121 cm³/mol. The second-order valence-corrected chi connectivity index (χ2v) is 8.63. The topological polar surface area (TPSA) is 54.3 Å². The number of nitrogens with zero attached hydrogens (tertiary/aromatic N) is 2. The van der Waals surface area contributed by atoms with E-state index in [2.05, 4.69) is 22.2 Å². The van der Waals surface area contributed by atoms with Crippen molar-refractivity contribution in [2.45, 2.75) is 45.1 Å². The van der Waals surface area contributed by atoms with Crippen LogP contribution in [0.5, 0.6) is 0 Å². The molecule has 1 heterocycles. The van der Waals surface area contributed by atoms with E-state index in [9.17, 15) is 5.11 Å². The highest BCUT2D eigenvalue weighted by Gasteiger charge is 2.26. The van der Waals surface area contributed by atoms with Crippen molar-refractivity contribution < 1.29 is 14.7 Å². The van der Waals surface area contributed by atoms with Crippen LogP contribution in [-0.2, 0) is 16.1 Å². The Labute approximate surface area is 188 Å². The van der Waals surface area contributed by atoms with Gasteiger partial charge >= 0.3 is 0 Å². The molecular formula is C23H28Cl2N2O3. The van der Waals surface area contributed by atoms with E-state index in [0.717, 1.165) is 11.3 Å². The molecule has 0 aromatic heterocycles. The Hall–Kier alpha value is -1.63. The van der Waals surface area contributed by atoms with Crippen LogP contribution in [0.4, 0.5) is 0 Å². The van der Waals surface area contributed by atoms with Gasteiger partial charge in [-0.2, -0.15) is 0 Å². The average molecular weight is 451 g/mol. The molecule has 0 spiro atoms. The first-order chi connectivity index (χ1) is 14.4. The number of rotatable bonds is 10. The summed E-state index contributed by atoms with van der Waals surface area (Å²) < 4.78 is 5.57. The molecule has 0 radical (unpaired) electrons. The molecule has 0 saturated heterocycles. The summed E-state index contributed by atoms with van der Waals surface area (Å²) in [6.45, 7) is 6.07. The Balaban J connectivity index is 1.61. The summed E-state index contributed by atoms with van der Waals surface area (Å²) in [6, 6.07) is 15.7. The third kappa shape index (κ3) is 6.96. The van der Waals surface area contributed by atoms with Crippen molar-refractivity contribution in [2.75, 3.05) is 19.7 Å². The molecule has 30 heavy (non-hydrogen) atoms. The van der Waals surface area contributed by atoms with E-state index in [-0.39, 0.29) is 12.2 Å². The molecule has 2 atom stereocenters. The lowest BCUT2D eigenvalue weighted by molar-refractivity contribution is -0.0194. The Bertz CT molecular complexity index is 846. The number of benzene rings is 2. The van der Waals surface area contributed by atoms with Crippen LogP contribution >= 0.6 is 23.2 Å². The first-order valence-corrected chi connectivity index (χ1v) is 10.9. The lowest BCUT2D eigenvalue weighted by atomic mass is 10.0. The van der Waals surface area contributed by atoms with Crippen molar-refractivity contribution in [3.8, 4) is 0 Å². The maximum atomic E-state index is 10.4. The fourth-order valence-electron chi connectivity index (χ4n) is 3.36. The molecular weight excluding hydrogens is 423 g/mol. The third-order valence-corrected chi connectivity index (χ3v) is 5.53. The molecule has 3 rings (SSSR count). The fraction of sp³-hybridized carbons (Fsp3) is 0.435. The molecule has 1 N–H and O–H groups in total. The maximum Gasteiger partial charge on any atom is 0.145 e. The summed E-state index contributed by atoms with van der Waals surface area (Å²) in [6.07, 6.45) is 0.0777. The van der Waals surface area contributed by atoms with Crippen molar-refractivity contribution in [1.29, 1.82) is 0 Å². The van der Waals surface area contributed by atoms with Crippen molar-refractivity contribution in [2.24, 2.45) is 5.16 Å². The maximum absolute atomic E-state index is 10.4. The van der Waals surface area contributed by atoms with Gasteiger partial charge in [-0.3, -0.25) is 4.90 Å². The number of aliphatic hydroxyl groups excluding tert-OH is 1. The molecule has 0 aliphatic carbocycles. The number of oxime groups is 1. The summed E-state index contributed by atoms with van der Waals surface area (Å²) >= 11 is 12.1. The molecule has 5 nitrogen and oxygen atoms in total. The van der Waals surface area contributed by atoms with E-state index in [1.165, 1.54) is 5.56 Å². The van der Waals surface area contributed by atoms with E-state index in [1.54, 1.807) is 6.07 Å². The zero-order valence-corrected chi connectivity index (χ0v) is 18.8. The highest BCUT2D eigenvalue weighted by Crippen LogP contribution is 2.26. The van der Waals surface area contributed by atoms with E-state index >= 15 is 0 Å². The summed E-state index contributed by atoms with van der Waals surface area (Å²) in [4.78, 5) is 7.88. The lowest BCUT2D eigenvalue weighted by Gasteiger charge is -2.27. The average Bonchev–Trinajstić information content (AvgIpc) is 3.17. The third-order valence-electron chi connectivity index (χ3n) is 4.79. The predicted octanol–water partition coefficient (Wildman–Crippen LogP) is 4.77. The Morgan fingerprint density at radius 2 is 1.93 bits per heavy atom. The minimum absolute atomic E-state index is 0.0857. The van der Waals surface area contributed by atoms with E-state index in [1.807, 2.05) is 44.2 Å². The highest BCUT2D eigenvalue weighted by atomic mass is 35.5. The van der Waals surface area contributed by atoms with Gasteiger partial charge in [-0.1, -0.05) is 64.8 Å². The molecule has 162 valence electrons. The number of halogens is 2. The lowest BCUT2D eigenvalue weighted by Crippen LogP contribution is -2.39. The smallest absolute Gasteiger partial charge is 0.145 e. The normalized spacial score (nSPS) is 17.3. The fourth-order valence-corrected chi connectivity index (χ4v) is 3.66. The van der Waals surface area contributed by atoms with Gasteiger partial charge in [0.05, 0.1) is 34.6 Å². The molecule has 7 heteroatoms. The van der Waals surface area contributed by atoms with Crippen molar-refractivity contribution in [3.63, 3.8) is 0 Å². The van der Waals surface area contributed by atoms with Crippen LogP contribution < -0.4 is 0 Å². The largest absolute Gasteiger partial charge is 0.390 e. The molecule has 0 bridgehead atoms. The first-order valence-electron chi connectivity index (χ1n) is 10.1. The van der Waals surface area contributed by atoms with Crippen molar-refractivity contribution in [3.05, 3.63) is 69.7 Å². The molecule has 1 aliphatic rings. The second-order valence-electron chi connectivity index (χ2n) is 7.81. The molecule has 0 fully saturated rings. The van der Waals surface area contributed by atoms with Crippen molar-refractivity contribution >= 4 is 28.9 Å². The van der Waals surface area contributed by atoms with Gasteiger partial charge in [-0.15, -0.1) is 0 Å². The van der Waals surface area contributed by atoms with Gasteiger partial charge in [0.15, 0.2) is 0 Å². The van der Waals surface area contributed by atoms with Gasteiger partial charge < -0.3 is 14.7 Å². The van der Waals surface area contributed by atoms with Crippen LogP contribution in [0.15, 0.2) is 53.7 Å². The summed E-state index contributed by atoms with van der Waals surface area (Å²) in [5, 5.41) is 15.7. The number of hydrogen-bond donors (Lipinski definition) is 1. The van der Waals surface area contributed by atoms with Gasteiger partial charge in [-0.05, 0) is 31.5 Å². The van der Waals surface area contributed by atoms with E-state index in [0.29, 0.717) is 42.7 Å². The van der Waals surface area contributed by atoms with Crippen LogP contribution in [0.2, 0.25) is 10.0 Å². The van der Waals surface area contributed by atoms with Gasteiger partial charge in [0.25, 0.3) is 0 Å². The van der Waals surface area contributed by atoms with Gasteiger partial charge in [0.2, 0.25) is 0 Å². The van der Waals surface area contributed by atoms with Crippen molar-refractivity contribution in [1.82, 2.24) is 4.90 Å². The van der Waals surface area contributed by atoms with E-state index in [4.69, 9.17) is 32.8 Å². The zero-order chi connectivity index (χ0) is 21.5. The monoisotopic (exact) mass is 450 g/mol. The van der Waals surface area contributed by atoms with E-state index < -0.39 is 6.10 Å². The minimum Gasteiger partial charge on any atom is -0.390 e. The minimum atomic E-state index is -0.576. The van der Waals surface area contributed by atoms with Gasteiger partial charge in [0.1, 0.15) is 6.10 Å². The molecule has 0 unspecified atom stereocenters. The quantitative estimate of drug-likeness (QED) is 0.565. The van der Waals surface area contributed by atoms with Crippen LogP contribution in [-0.4, -0.2) is 53.7 Å². The summed E-state index contributed by atoms with van der Waals surface area (Å²) in [5.74, 6) is 0. The number of hydrogen-bond acceptors (Lipinski definition) is 5. The SMILES string of the molecule is CC(C)OC[C@@H](O)CN(Cc1ccccc1)C[C@H]1CC(c2ccc(Cl)c(Cl)c2)=NO1. The number of aliphatic hydroxyl groups is 1. The van der Waals surface area contributed by atoms with Crippen LogP contribution in [0.1, 0.15) is 31.4 Å².